The summed E-state index contributed by atoms with van der Waals surface area (Å²) in [4.78, 5) is 22.9. The van der Waals surface area contributed by atoms with Gasteiger partial charge in [0.15, 0.2) is 5.78 Å². The highest BCUT2D eigenvalue weighted by Gasteiger charge is 2.24. The first kappa shape index (κ1) is 15.7. The Morgan fingerprint density at radius 3 is 2.41 bits per heavy atom. The van der Waals surface area contributed by atoms with Crippen molar-refractivity contribution in [2.24, 2.45) is 0 Å². The van der Waals surface area contributed by atoms with Crippen LogP contribution in [0.25, 0.3) is 0 Å². The number of Topliss-reactive ketones (excluding diaryl/α,β-unsaturated/α-hetero) is 1. The molecule has 2 rings (SSSR count). The lowest BCUT2D eigenvalue weighted by atomic mass is 9.91. The Bertz CT molecular complexity index is 655. The second kappa shape index (κ2) is 7.36. The van der Waals surface area contributed by atoms with Crippen LogP contribution in [-0.4, -0.2) is 24.4 Å². The SMILES string of the molecule is COc1ccccc1C(CC(=O)c1ccccc1)C[N+](=O)[O-]. The van der Waals surface area contributed by atoms with Crippen molar-refractivity contribution in [3.05, 3.63) is 75.8 Å². The molecule has 0 saturated heterocycles. The average molecular weight is 299 g/mol. The highest BCUT2D eigenvalue weighted by molar-refractivity contribution is 5.96. The van der Waals surface area contributed by atoms with Crippen molar-refractivity contribution in [3.63, 3.8) is 0 Å². The van der Waals surface area contributed by atoms with Crippen molar-refractivity contribution in [2.45, 2.75) is 12.3 Å². The van der Waals surface area contributed by atoms with Crippen LogP contribution in [0.2, 0.25) is 0 Å². The summed E-state index contributed by atoms with van der Waals surface area (Å²) < 4.78 is 5.26. The summed E-state index contributed by atoms with van der Waals surface area (Å²) in [6.45, 7) is -0.307. The van der Waals surface area contributed by atoms with Crippen LogP contribution in [0.3, 0.4) is 0 Å². The highest BCUT2D eigenvalue weighted by Crippen LogP contribution is 2.30. The third-order valence-electron chi connectivity index (χ3n) is 3.48. The van der Waals surface area contributed by atoms with Crippen LogP contribution in [0, 0.1) is 10.1 Å². The Morgan fingerprint density at radius 2 is 1.77 bits per heavy atom. The number of ketones is 1. The molecule has 0 aromatic heterocycles. The second-order valence-electron chi connectivity index (χ2n) is 4.95. The fourth-order valence-electron chi connectivity index (χ4n) is 2.42. The normalized spacial score (nSPS) is 11.7. The van der Waals surface area contributed by atoms with Gasteiger partial charge in [-0.2, -0.15) is 0 Å². The molecule has 114 valence electrons. The summed E-state index contributed by atoms with van der Waals surface area (Å²) in [7, 11) is 1.51. The van der Waals surface area contributed by atoms with E-state index in [-0.39, 0.29) is 18.7 Å². The monoisotopic (exact) mass is 299 g/mol. The highest BCUT2D eigenvalue weighted by atomic mass is 16.6. The van der Waals surface area contributed by atoms with E-state index in [4.69, 9.17) is 4.74 Å². The lowest BCUT2D eigenvalue weighted by Crippen LogP contribution is -2.17. The van der Waals surface area contributed by atoms with Crippen LogP contribution in [-0.2, 0) is 0 Å². The van der Waals surface area contributed by atoms with Crippen molar-refractivity contribution < 1.29 is 14.5 Å². The zero-order valence-electron chi connectivity index (χ0n) is 12.3. The van der Waals surface area contributed by atoms with E-state index in [9.17, 15) is 14.9 Å². The van der Waals surface area contributed by atoms with E-state index in [0.29, 0.717) is 16.9 Å². The van der Waals surface area contributed by atoms with Gasteiger partial charge < -0.3 is 4.74 Å². The van der Waals surface area contributed by atoms with E-state index in [0.717, 1.165) is 0 Å². The summed E-state index contributed by atoms with van der Waals surface area (Å²) in [5.74, 6) is -0.0626. The smallest absolute Gasteiger partial charge is 0.211 e. The van der Waals surface area contributed by atoms with Crippen LogP contribution in [0.1, 0.15) is 28.3 Å². The Hall–Kier alpha value is -2.69. The predicted molar refractivity (Wildman–Crippen MR) is 83.0 cm³/mol. The number of ether oxygens (including phenoxy) is 1. The first-order valence-electron chi connectivity index (χ1n) is 6.94. The summed E-state index contributed by atoms with van der Waals surface area (Å²) in [6, 6.07) is 15.9. The molecule has 1 atom stereocenters. The van der Waals surface area contributed by atoms with Gasteiger partial charge in [-0.3, -0.25) is 14.9 Å². The largest absolute Gasteiger partial charge is 0.496 e. The fraction of sp³-hybridized carbons (Fsp3) is 0.235. The van der Waals surface area contributed by atoms with Crippen LogP contribution in [0.4, 0.5) is 0 Å². The Balaban J connectivity index is 2.27. The van der Waals surface area contributed by atoms with Gasteiger partial charge in [0, 0.05) is 22.5 Å². The standard InChI is InChI=1S/C17H17NO4/c1-22-17-10-6-5-9-15(17)14(12-18(20)21)11-16(19)13-7-3-2-4-8-13/h2-10,14H,11-12H2,1H3. The molecule has 22 heavy (non-hydrogen) atoms. The van der Waals surface area contributed by atoms with Crippen LogP contribution in [0.5, 0.6) is 5.75 Å². The summed E-state index contributed by atoms with van der Waals surface area (Å²) in [5, 5.41) is 11.0. The molecular formula is C17H17NO4. The van der Waals surface area contributed by atoms with E-state index in [2.05, 4.69) is 0 Å². The van der Waals surface area contributed by atoms with Gasteiger partial charge in [-0.1, -0.05) is 48.5 Å². The maximum absolute atomic E-state index is 12.3. The maximum Gasteiger partial charge on any atom is 0.211 e. The molecule has 0 saturated carbocycles. The molecule has 2 aromatic rings. The van der Waals surface area contributed by atoms with E-state index >= 15 is 0 Å². The third-order valence-corrected chi connectivity index (χ3v) is 3.48. The number of nitro groups is 1. The van der Waals surface area contributed by atoms with Gasteiger partial charge in [-0.25, -0.2) is 0 Å². The first-order valence-corrected chi connectivity index (χ1v) is 6.94. The quantitative estimate of drug-likeness (QED) is 0.447. The molecule has 1 unspecified atom stereocenters. The minimum atomic E-state index is -0.515. The summed E-state index contributed by atoms with van der Waals surface area (Å²) in [6.07, 6.45) is 0.0748. The van der Waals surface area contributed by atoms with Gasteiger partial charge in [0.2, 0.25) is 6.54 Å². The van der Waals surface area contributed by atoms with Gasteiger partial charge in [-0.15, -0.1) is 0 Å². The lowest BCUT2D eigenvalue weighted by Gasteiger charge is -2.16. The molecule has 5 heteroatoms. The van der Waals surface area contributed by atoms with Gasteiger partial charge in [-0.05, 0) is 6.07 Å². The number of carbonyl (C=O) groups excluding carboxylic acids is 1. The van der Waals surface area contributed by atoms with E-state index in [1.54, 1.807) is 48.5 Å². The summed E-state index contributed by atoms with van der Waals surface area (Å²) >= 11 is 0. The van der Waals surface area contributed by atoms with E-state index < -0.39 is 10.8 Å². The first-order chi connectivity index (χ1) is 10.6. The number of para-hydroxylation sites is 1. The number of methoxy groups -OCH3 is 1. The van der Waals surface area contributed by atoms with Crippen molar-refractivity contribution >= 4 is 5.78 Å². The average Bonchev–Trinajstić information content (AvgIpc) is 2.54. The molecule has 0 amide bonds. The Kier molecular flexibility index (Phi) is 5.25. The molecule has 0 aliphatic rings. The number of hydrogen-bond acceptors (Lipinski definition) is 4. The fourth-order valence-corrected chi connectivity index (χ4v) is 2.42. The molecule has 0 aliphatic carbocycles. The summed E-state index contributed by atoms with van der Waals surface area (Å²) in [5.41, 5.74) is 1.25. The van der Waals surface area contributed by atoms with Gasteiger partial charge in [0.25, 0.3) is 0 Å². The maximum atomic E-state index is 12.3. The zero-order chi connectivity index (χ0) is 15.9. The molecule has 2 aromatic carbocycles. The van der Waals surface area contributed by atoms with Gasteiger partial charge >= 0.3 is 0 Å². The topological polar surface area (TPSA) is 69.4 Å². The van der Waals surface area contributed by atoms with E-state index in [1.165, 1.54) is 7.11 Å². The zero-order valence-corrected chi connectivity index (χ0v) is 12.3. The number of carbonyl (C=O) groups is 1. The second-order valence-corrected chi connectivity index (χ2v) is 4.95. The molecule has 0 radical (unpaired) electrons. The molecular weight excluding hydrogens is 282 g/mol. The van der Waals surface area contributed by atoms with Gasteiger partial charge in [0.1, 0.15) is 5.75 Å². The number of nitrogens with zero attached hydrogens (tertiary/aromatic N) is 1. The predicted octanol–water partition coefficient (Wildman–Crippen LogP) is 3.33. The molecule has 5 nitrogen and oxygen atoms in total. The van der Waals surface area contributed by atoms with Crippen molar-refractivity contribution in [1.29, 1.82) is 0 Å². The van der Waals surface area contributed by atoms with E-state index in [1.807, 2.05) is 6.07 Å². The molecule has 0 spiro atoms. The Labute approximate surface area is 128 Å². The van der Waals surface area contributed by atoms with Gasteiger partial charge in [0.05, 0.1) is 13.0 Å². The molecule has 0 bridgehead atoms. The lowest BCUT2D eigenvalue weighted by molar-refractivity contribution is -0.483. The third kappa shape index (κ3) is 3.91. The van der Waals surface area contributed by atoms with Crippen LogP contribution < -0.4 is 4.74 Å². The molecule has 0 N–H and O–H groups in total. The van der Waals surface area contributed by atoms with Crippen LogP contribution >= 0.6 is 0 Å². The molecule has 0 heterocycles. The molecule has 0 aliphatic heterocycles. The minimum Gasteiger partial charge on any atom is -0.496 e. The minimum absolute atomic E-state index is 0.0748. The Morgan fingerprint density at radius 1 is 1.14 bits per heavy atom. The number of benzene rings is 2. The van der Waals surface area contributed by atoms with Crippen molar-refractivity contribution in [1.82, 2.24) is 0 Å². The van der Waals surface area contributed by atoms with Crippen molar-refractivity contribution in [2.75, 3.05) is 13.7 Å². The van der Waals surface area contributed by atoms with Crippen molar-refractivity contribution in [3.8, 4) is 5.75 Å². The van der Waals surface area contributed by atoms with Crippen LogP contribution in [0.15, 0.2) is 54.6 Å². The number of hydrogen-bond donors (Lipinski definition) is 0. The molecule has 0 fully saturated rings. The number of rotatable bonds is 7.